The zero-order chi connectivity index (χ0) is 18.5. The van der Waals surface area contributed by atoms with Crippen LogP contribution in [0.4, 0.5) is 5.69 Å². The van der Waals surface area contributed by atoms with Crippen LogP contribution >= 0.6 is 34.8 Å². The predicted octanol–water partition coefficient (Wildman–Crippen LogP) is 4.20. The van der Waals surface area contributed by atoms with Gasteiger partial charge in [0.1, 0.15) is 0 Å². The molecule has 26 heavy (non-hydrogen) atoms. The van der Waals surface area contributed by atoms with Crippen molar-refractivity contribution in [2.24, 2.45) is 0 Å². The predicted molar refractivity (Wildman–Crippen MR) is 109 cm³/mol. The summed E-state index contributed by atoms with van der Waals surface area (Å²) >= 11 is 17.9. The SMILES string of the molecule is O=C(NCCN1CCN(c2ccc(Cl)cc2)CC1)c1cc(Cl)ccc1Cl. The molecule has 4 nitrogen and oxygen atoms in total. The van der Waals surface area contributed by atoms with Crippen LogP contribution in [-0.4, -0.2) is 50.1 Å². The van der Waals surface area contributed by atoms with E-state index in [1.165, 1.54) is 5.69 Å². The molecule has 138 valence electrons. The number of anilines is 1. The van der Waals surface area contributed by atoms with Crippen molar-refractivity contribution >= 4 is 46.4 Å². The van der Waals surface area contributed by atoms with E-state index in [1.54, 1.807) is 18.2 Å². The van der Waals surface area contributed by atoms with Crippen molar-refractivity contribution in [2.45, 2.75) is 0 Å². The molecular weight excluding hydrogens is 393 g/mol. The fourth-order valence-electron chi connectivity index (χ4n) is 2.98. The lowest BCUT2D eigenvalue weighted by Gasteiger charge is -2.36. The summed E-state index contributed by atoms with van der Waals surface area (Å²) in [5, 5.41) is 4.57. The molecule has 0 atom stereocenters. The van der Waals surface area contributed by atoms with E-state index in [-0.39, 0.29) is 5.91 Å². The number of carbonyl (C=O) groups excluding carboxylic acids is 1. The van der Waals surface area contributed by atoms with E-state index in [0.717, 1.165) is 37.7 Å². The molecule has 2 aromatic rings. The second-order valence-corrected chi connectivity index (χ2v) is 7.47. The lowest BCUT2D eigenvalue weighted by molar-refractivity contribution is 0.0948. The molecule has 0 aromatic heterocycles. The molecule has 1 heterocycles. The van der Waals surface area contributed by atoms with Crippen molar-refractivity contribution < 1.29 is 4.79 Å². The number of piperazine rings is 1. The van der Waals surface area contributed by atoms with Crippen LogP contribution in [0.2, 0.25) is 15.1 Å². The summed E-state index contributed by atoms with van der Waals surface area (Å²) in [6, 6.07) is 12.8. The Balaban J connectivity index is 1.43. The molecule has 0 aliphatic carbocycles. The van der Waals surface area contributed by atoms with Crippen molar-refractivity contribution in [2.75, 3.05) is 44.2 Å². The highest BCUT2D eigenvalue weighted by atomic mass is 35.5. The minimum Gasteiger partial charge on any atom is -0.369 e. The van der Waals surface area contributed by atoms with Gasteiger partial charge < -0.3 is 10.2 Å². The molecule has 0 radical (unpaired) electrons. The zero-order valence-corrected chi connectivity index (χ0v) is 16.5. The van der Waals surface area contributed by atoms with E-state index in [0.29, 0.717) is 22.2 Å². The first-order chi connectivity index (χ1) is 12.5. The standard InChI is InChI=1S/C19H20Cl3N3O/c20-14-1-4-16(5-2-14)25-11-9-24(10-12-25)8-7-23-19(26)17-13-15(21)3-6-18(17)22/h1-6,13H,7-12H2,(H,23,26). The average Bonchev–Trinajstić information content (AvgIpc) is 2.65. The van der Waals surface area contributed by atoms with Crippen molar-refractivity contribution in [1.82, 2.24) is 10.2 Å². The molecule has 7 heteroatoms. The van der Waals surface area contributed by atoms with Crippen LogP contribution < -0.4 is 10.2 Å². The van der Waals surface area contributed by atoms with Gasteiger partial charge in [-0.3, -0.25) is 9.69 Å². The summed E-state index contributed by atoms with van der Waals surface area (Å²) < 4.78 is 0. The maximum Gasteiger partial charge on any atom is 0.252 e. The van der Waals surface area contributed by atoms with Gasteiger partial charge in [0.25, 0.3) is 5.91 Å². The van der Waals surface area contributed by atoms with Crippen LogP contribution in [0.5, 0.6) is 0 Å². The molecule has 0 spiro atoms. The molecule has 1 amide bonds. The Morgan fingerprint density at radius 3 is 2.27 bits per heavy atom. The fraction of sp³-hybridized carbons (Fsp3) is 0.316. The summed E-state index contributed by atoms with van der Waals surface area (Å²) in [5.41, 5.74) is 1.60. The summed E-state index contributed by atoms with van der Waals surface area (Å²) in [6.07, 6.45) is 0. The highest BCUT2D eigenvalue weighted by Crippen LogP contribution is 2.21. The Bertz CT molecular complexity index is 759. The van der Waals surface area contributed by atoms with E-state index in [4.69, 9.17) is 34.8 Å². The molecule has 0 saturated carbocycles. The van der Waals surface area contributed by atoms with Crippen LogP contribution in [0.15, 0.2) is 42.5 Å². The first-order valence-corrected chi connectivity index (χ1v) is 9.62. The third-order valence-corrected chi connectivity index (χ3v) is 5.27. The smallest absolute Gasteiger partial charge is 0.252 e. The van der Waals surface area contributed by atoms with Gasteiger partial charge in [-0.15, -0.1) is 0 Å². The maximum absolute atomic E-state index is 12.2. The minimum atomic E-state index is -0.197. The molecule has 0 unspecified atom stereocenters. The van der Waals surface area contributed by atoms with E-state index in [2.05, 4.69) is 15.1 Å². The van der Waals surface area contributed by atoms with Crippen molar-refractivity contribution in [3.05, 3.63) is 63.1 Å². The van der Waals surface area contributed by atoms with E-state index in [9.17, 15) is 4.79 Å². The summed E-state index contributed by atoms with van der Waals surface area (Å²) in [4.78, 5) is 16.9. The van der Waals surface area contributed by atoms with Gasteiger partial charge >= 0.3 is 0 Å². The fourth-order valence-corrected chi connectivity index (χ4v) is 3.48. The maximum atomic E-state index is 12.2. The number of rotatable bonds is 5. The summed E-state index contributed by atoms with van der Waals surface area (Å²) in [5.74, 6) is -0.197. The van der Waals surface area contributed by atoms with Crippen LogP contribution in [0.25, 0.3) is 0 Å². The lowest BCUT2D eigenvalue weighted by atomic mass is 10.2. The number of nitrogens with one attached hydrogen (secondary N) is 1. The Labute approximate surface area is 168 Å². The van der Waals surface area contributed by atoms with Gasteiger partial charge in [-0.25, -0.2) is 0 Å². The number of benzene rings is 2. The van der Waals surface area contributed by atoms with E-state index >= 15 is 0 Å². The van der Waals surface area contributed by atoms with Gasteiger partial charge in [-0.05, 0) is 42.5 Å². The molecule has 1 N–H and O–H groups in total. The largest absolute Gasteiger partial charge is 0.369 e. The van der Waals surface area contributed by atoms with Gasteiger partial charge in [0.15, 0.2) is 0 Å². The monoisotopic (exact) mass is 411 g/mol. The van der Waals surface area contributed by atoms with Gasteiger partial charge in [0, 0.05) is 55.0 Å². The minimum absolute atomic E-state index is 0.197. The number of hydrogen-bond acceptors (Lipinski definition) is 3. The van der Waals surface area contributed by atoms with Crippen LogP contribution in [-0.2, 0) is 0 Å². The second-order valence-electron chi connectivity index (χ2n) is 6.19. The molecule has 3 rings (SSSR count). The first-order valence-electron chi connectivity index (χ1n) is 8.49. The topological polar surface area (TPSA) is 35.6 Å². The van der Waals surface area contributed by atoms with Gasteiger partial charge in [-0.1, -0.05) is 34.8 Å². The van der Waals surface area contributed by atoms with E-state index in [1.807, 2.05) is 24.3 Å². The molecular formula is C19H20Cl3N3O. The number of carbonyl (C=O) groups is 1. The number of halogens is 3. The Hall–Kier alpha value is -1.46. The lowest BCUT2D eigenvalue weighted by Crippen LogP contribution is -2.48. The Kier molecular flexibility index (Phi) is 6.65. The van der Waals surface area contributed by atoms with Crippen LogP contribution in [0.3, 0.4) is 0 Å². The highest BCUT2D eigenvalue weighted by Gasteiger charge is 2.17. The van der Waals surface area contributed by atoms with Crippen molar-refractivity contribution in [3.63, 3.8) is 0 Å². The Morgan fingerprint density at radius 1 is 0.923 bits per heavy atom. The second kappa shape index (κ2) is 8.96. The normalized spacial score (nSPS) is 15.1. The molecule has 0 bridgehead atoms. The quantitative estimate of drug-likeness (QED) is 0.799. The van der Waals surface area contributed by atoms with E-state index < -0.39 is 0 Å². The number of amides is 1. The summed E-state index contributed by atoms with van der Waals surface area (Å²) in [7, 11) is 0. The van der Waals surface area contributed by atoms with Crippen LogP contribution in [0.1, 0.15) is 10.4 Å². The van der Waals surface area contributed by atoms with Gasteiger partial charge in [0.2, 0.25) is 0 Å². The number of nitrogens with zero attached hydrogens (tertiary/aromatic N) is 2. The van der Waals surface area contributed by atoms with Crippen LogP contribution in [0, 0.1) is 0 Å². The Morgan fingerprint density at radius 2 is 1.58 bits per heavy atom. The molecule has 1 aliphatic heterocycles. The van der Waals surface area contributed by atoms with Crippen molar-refractivity contribution in [3.8, 4) is 0 Å². The molecule has 1 fully saturated rings. The first kappa shape index (κ1) is 19.3. The van der Waals surface area contributed by atoms with Crippen molar-refractivity contribution in [1.29, 1.82) is 0 Å². The highest BCUT2D eigenvalue weighted by molar-refractivity contribution is 6.35. The third-order valence-electron chi connectivity index (χ3n) is 4.45. The molecule has 1 saturated heterocycles. The third kappa shape index (κ3) is 5.04. The zero-order valence-electron chi connectivity index (χ0n) is 14.2. The van der Waals surface area contributed by atoms with Gasteiger partial charge in [-0.2, -0.15) is 0 Å². The average molecular weight is 413 g/mol. The molecule has 2 aromatic carbocycles. The van der Waals surface area contributed by atoms with Gasteiger partial charge in [0.05, 0.1) is 10.6 Å². The summed E-state index contributed by atoms with van der Waals surface area (Å²) in [6.45, 7) is 5.19. The molecule has 1 aliphatic rings. The number of hydrogen-bond donors (Lipinski definition) is 1.